The summed E-state index contributed by atoms with van der Waals surface area (Å²) in [6.45, 7) is 9.51. The van der Waals surface area contributed by atoms with Gasteiger partial charge in [0.2, 0.25) is 5.91 Å². The zero-order valence-corrected chi connectivity index (χ0v) is 15.7. The third-order valence-electron chi connectivity index (χ3n) is 4.21. The number of para-hydroxylation sites is 1. The van der Waals surface area contributed by atoms with Crippen molar-refractivity contribution >= 4 is 22.8 Å². The van der Waals surface area contributed by atoms with Gasteiger partial charge in [0.25, 0.3) is 0 Å². The lowest BCUT2D eigenvalue weighted by atomic mass is 9.92. The maximum atomic E-state index is 11.9. The van der Waals surface area contributed by atoms with E-state index < -0.39 is 5.41 Å². The van der Waals surface area contributed by atoms with E-state index in [0.717, 1.165) is 28.8 Å². The summed E-state index contributed by atoms with van der Waals surface area (Å²) in [7, 11) is 1.65. The third-order valence-corrected chi connectivity index (χ3v) is 4.21. The molecule has 6 heteroatoms. The number of furan rings is 1. The van der Waals surface area contributed by atoms with Crippen LogP contribution in [0, 0.1) is 12.3 Å². The van der Waals surface area contributed by atoms with E-state index in [1.165, 1.54) is 0 Å². The summed E-state index contributed by atoms with van der Waals surface area (Å²) in [6.07, 6.45) is 0. The maximum Gasteiger partial charge on any atom is 0.227 e. The molecule has 0 unspecified atom stereocenters. The quantitative estimate of drug-likeness (QED) is 0.556. The van der Waals surface area contributed by atoms with Crippen molar-refractivity contribution in [3.8, 4) is 0 Å². The Bertz CT molecular complexity index is 762. The second kappa shape index (κ2) is 8.05. The average molecular weight is 344 g/mol. The Kier molecular flexibility index (Phi) is 6.07. The van der Waals surface area contributed by atoms with E-state index in [9.17, 15) is 4.79 Å². The summed E-state index contributed by atoms with van der Waals surface area (Å²) in [5.74, 6) is 1.51. The SMILES string of the molecule is CCNC(=NCc1oc2ccccc2c1C)NCC(C)(C)C(=O)NC. The van der Waals surface area contributed by atoms with Gasteiger partial charge in [0.05, 0.1) is 5.41 Å². The highest BCUT2D eigenvalue weighted by Gasteiger charge is 2.26. The second-order valence-electron chi connectivity index (χ2n) is 6.66. The Balaban J connectivity index is 2.11. The van der Waals surface area contributed by atoms with Crippen molar-refractivity contribution < 1.29 is 9.21 Å². The Labute approximate surface area is 149 Å². The third kappa shape index (κ3) is 4.53. The van der Waals surface area contributed by atoms with Crippen molar-refractivity contribution in [2.45, 2.75) is 34.2 Å². The van der Waals surface area contributed by atoms with Crippen LogP contribution in [0.1, 0.15) is 32.1 Å². The van der Waals surface area contributed by atoms with Crippen LogP contribution in [0.25, 0.3) is 11.0 Å². The fourth-order valence-electron chi connectivity index (χ4n) is 2.59. The molecule has 25 heavy (non-hydrogen) atoms. The topological polar surface area (TPSA) is 78.7 Å². The number of carbonyl (C=O) groups is 1. The van der Waals surface area contributed by atoms with Crippen molar-refractivity contribution in [1.29, 1.82) is 0 Å². The van der Waals surface area contributed by atoms with Crippen LogP contribution in [-0.4, -0.2) is 32.0 Å². The van der Waals surface area contributed by atoms with Gasteiger partial charge in [0.15, 0.2) is 5.96 Å². The molecule has 2 aromatic rings. The standard InChI is InChI=1S/C19H28N4O2/c1-6-21-18(23-12-19(3,4)17(24)20-5)22-11-16-13(2)14-9-7-8-10-15(14)25-16/h7-10H,6,11-12H2,1-5H3,(H,20,24)(H2,21,22,23). The van der Waals surface area contributed by atoms with Gasteiger partial charge in [-0.3, -0.25) is 4.79 Å². The molecule has 0 bridgehead atoms. The van der Waals surface area contributed by atoms with Crippen LogP contribution in [0.5, 0.6) is 0 Å². The molecule has 1 aromatic heterocycles. The Morgan fingerprint density at radius 2 is 1.96 bits per heavy atom. The van der Waals surface area contributed by atoms with Crippen LogP contribution in [0.15, 0.2) is 33.7 Å². The Morgan fingerprint density at radius 3 is 2.60 bits per heavy atom. The molecule has 1 heterocycles. The molecule has 2 rings (SSSR count). The van der Waals surface area contributed by atoms with Crippen molar-refractivity contribution in [3.05, 3.63) is 35.6 Å². The van der Waals surface area contributed by atoms with E-state index in [1.54, 1.807) is 7.05 Å². The molecule has 0 aliphatic heterocycles. The van der Waals surface area contributed by atoms with Crippen LogP contribution in [0.2, 0.25) is 0 Å². The van der Waals surface area contributed by atoms with Crippen molar-refractivity contribution in [3.63, 3.8) is 0 Å². The van der Waals surface area contributed by atoms with Gasteiger partial charge in [-0.1, -0.05) is 18.2 Å². The molecule has 136 valence electrons. The molecule has 0 aliphatic carbocycles. The lowest BCUT2D eigenvalue weighted by molar-refractivity contribution is -0.128. The first-order valence-corrected chi connectivity index (χ1v) is 8.60. The van der Waals surface area contributed by atoms with Crippen LogP contribution < -0.4 is 16.0 Å². The number of hydrogen-bond acceptors (Lipinski definition) is 3. The molecule has 3 N–H and O–H groups in total. The van der Waals surface area contributed by atoms with Gasteiger partial charge >= 0.3 is 0 Å². The van der Waals surface area contributed by atoms with Crippen LogP contribution in [0.3, 0.4) is 0 Å². The Morgan fingerprint density at radius 1 is 1.24 bits per heavy atom. The van der Waals surface area contributed by atoms with Crippen molar-refractivity contribution in [2.75, 3.05) is 20.1 Å². The fraction of sp³-hybridized carbons (Fsp3) is 0.474. The van der Waals surface area contributed by atoms with Gasteiger partial charge in [-0.2, -0.15) is 0 Å². The van der Waals surface area contributed by atoms with E-state index in [2.05, 4.69) is 27.0 Å². The highest BCUT2D eigenvalue weighted by molar-refractivity contribution is 5.84. The van der Waals surface area contributed by atoms with Gasteiger partial charge in [0.1, 0.15) is 17.9 Å². The number of hydrogen-bond donors (Lipinski definition) is 3. The highest BCUT2D eigenvalue weighted by atomic mass is 16.3. The molecule has 0 atom stereocenters. The lowest BCUT2D eigenvalue weighted by Gasteiger charge is -2.24. The van der Waals surface area contributed by atoms with E-state index in [1.807, 2.05) is 45.9 Å². The Hall–Kier alpha value is -2.50. The number of fused-ring (bicyclic) bond motifs is 1. The van der Waals surface area contributed by atoms with Crippen molar-refractivity contribution in [1.82, 2.24) is 16.0 Å². The first-order valence-electron chi connectivity index (χ1n) is 8.60. The summed E-state index contributed by atoms with van der Waals surface area (Å²) in [5.41, 5.74) is 1.46. The number of nitrogens with zero attached hydrogens (tertiary/aromatic N) is 1. The maximum absolute atomic E-state index is 11.9. The summed E-state index contributed by atoms with van der Waals surface area (Å²) < 4.78 is 5.90. The number of rotatable bonds is 6. The molecule has 6 nitrogen and oxygen atoms in total. The molecule has 1 aromatic carbocycles. The highest BCUT2D eigenvalue weighted by Crippen LogP contribution is 2.25. The fourth-order valence-corrected chi connectivity index (χ4v) is 2.59. The zero-order chi connectivity index (χ0) is 18.4. The zero-order valence-electron chi connectivity index (χ0n) is 15.7. The minimum absolute atomic E-state index is 0.0102. The summed E-state index contributed by atoms with van der Waals surface area (Å²) in [5, 5.41) is 10.2. The first-order chi connectivity index (χ1) is 11.9. The van der Waals surface area contributed by atoms with E-state index in [4.69, 9.17) is 4.42 Å². The first kappa shape index (κ1) is 18.8. The molecule has 1 amide bonds. The lowest BCUT2D eigenvalue weighted by Crippen LogP contribution is -2.47. The summed E-state index contributed by atoms with van der Waals surface area (Å²) in [4.78, 5) is 16.5. The van der Waals surface area contributed by atoms with Gasteiger partial charge in [-0.25, -0.2) is 4.99 Å². The summed E-state index contributed by atoms with van der Waals surface area (Å²) >= 11 is 0. The molecule has 0 spiro atoms. The number of aryl methyl sites for hydroxylation is 1. The number of carbonyl (C=O) groups excluding carboxylic acids is 1. The largest absolute Gasteiger partial charge is 0.459 e. The molecule has 0 fully saturated rings. The minimum Gasteiger partial charge on any atom is -0.459 e. The van der Waals surface area contributed by atoms with Crippen LogP contribution in [0.4, 0.5) is 0 Å². The smallest absolute Gasteiger partial charge is 0.227 e. The molecular formula is C19H28N4O2. The normalized spacial score (nSPS) is 12.3. The minimum atomic E-state index is -0.528. The molecule has 0 aliphatic rings. The van der Waals surface area contributed by atoms with E-state index in [-0.39, 0.29) is 5.91 Å². The van der Waals surface area contributed by atoms with Gasteiger partial charge in [-0.05, 0) is 33.8 Å². The van der Waals surface area contributed by atoms with Crippen LogP contribution in [-0.2, 0) is 11.3 Å². The summed E-state index contributed by atoms with van der Waals surface area (Å²) in [6, 6.07) is 7.98. The number of amides is 1. The number of aliphatic imine (C=N–C) groups is 1. The van der Waals surface area contributed by atoms with E-state index >= 15 is 0 Å². The molecule has 0 saturated heterocycles. The second-order valence-corrected chi connectivity index (χ2v) is 6.66. The number of nitrogens with one attached hydrogen (secondary N) is 3. The van der Waals surface area contributed by atoms with Crippen LogP contribution >= 0.6 is 0 Å². The predicted octanol–water partition coefficient (Wildman–Crippen LogP) is 2.57. The van der Waals surface area contributed by atoms with E-state index in [0.29, 0.717) is 19.0 Å². The number of benzene rings is 1. The van der Waals surface area contributed by atoms with Crippen molar-refractivity contribution in [2.24, 2.45) is 10.4 Å². The van der Waals surface area contributed by atoms with Gasteiger partial charge in [0, 0.05) is 31.1 Å². The number of guanidine groups is 1. The molecule has 0 radical (unpaired) electrons. The molecule has 0 saturated carbocycles. The predicted molar refractivity (Wildman–Crippen MR) is 102 cm³/mol. The average Bonchev–Trinajstić information content (AvgIpc) is 2.93. The molecular weight excluding hydrogens is 316 g/mol. The van der Waals surface area contributed by atoms with Gasteiger partial charge < -0.3 is 20.4 Å². The monoisotopic (exact) mass is 344 g/mol. The van der Waals surface area contributed by atoms with Gasteiger partial charge in [-0.15, -0.1) is 0 Å².